The van der Waals surface area contributed by atoms with E-state index >= 15 is 0 Å². The largest absolute Gasteiger partial charge is 0.350 e. The van der Waals surface area contributed by atoms with Gasteiger partial charge in [0.05, 0.1) is 13.1 Å². The Morgan fingerprint density at radius 3 is 2.33 bits per heavy atom. The molecule has 1 aromatic rings. The van der Waals surface area contributed by atoms with Crippen LogP contribution in [0.5, 0.6) is 0 Å². The van der Waals surface area contributed by atoms with Crippen molar-refractivity contribution in [2.24, 2.45) is 5.73 Å². The summed E-state index contributed by atoms with van der Waals surface area (Å²) in [5.74, 6) is -0.535. The van der Waals surface area contributed by atoms with Gasteiger partial charge in [0.15, 0.2) is 0 Å². The molecule has 0 atom stereocenters. The number of nitrogens with one attached hydrogen (secondary N) is 2. The van der Waals surface area contributed by atoms with Crippen molar-refractivity contribution < 1.29 is 9.59 Å². The standard InChI is InChI=1S/C15H23N3O2.ClH/c1-15(2,9-8-12-6-4-3-5-7-12)18-14(20)11-17-13(19)10-16;/h3-7H,8-11,16H2,1-2H3,(H,17,19)(H,18,20);1H. The number of nitrogens with two attached hydrogens (primary N) is 1. The number of carbonyl (C=O) groups is 2. The van der Waals surface area contributed by atoms with Gasteiger partial charge in [0.2, 0.25) is 11.8 Å². The summed E-state index contributed by atoms with van der Waals surface area (Å²) in [7, 11) is 0. The fourth-order valence-corrected chi connectivity index (χ4v) is 1.84. The predicted molar refractivity (Wildman–Crippen MR) is 86.3 cm³/mol. The smallest absolute Gasteiger partial charge is 0.239 e. The van der Waals surface area contributed by atoms with E-state index in [2.05, 4.69) is 22.8 Å². The number of carbonyl (C=O) groups excluding carboxylic acids is 2. The Morgan fingerprint density at radius 2 is 1.76 bits per heavy atom. The maximum absolute atomic E-state index is 11.7. The highest BCUT2D eigenvalue weighted by Gasteiger charge is 2.20. The summed E-state index contributed by atoms with van der Waals surface area (Å²) in [4.78, 5) is 22.7. The number of rotatable bonds is 7. The van der Waals surface area contributed by atoms with Crippen LogP contribution in [-0.4, -0.2) is 30.4 Å². The lowest BCUT2D eigenvalue weighted by molar-refractivity contribution is -0.126. The Kier molecular flexibility index (Phi) is 8.66. The Hall–Kier alpha value is -1.59. The SMILES string of the molecule is CC(C)(CCc1ccccc1)NC(=O)CNC(=O)CN.Cl. The summed E-state index contributed by atoms with van der Waals surface area (Å²) in [5.41, 5.74) is 6.08. The van der Waals surface area contributed by atoms with Gasteiger partial charge in [-0.3, -0.25) is 9.59 Å². The Morgan fingerprint density at radius 1 is 1.14 bits per heavy atom. The van der Waals surface area contributed by atoms with Crippen molar-refractivity contribution >= 4 is 24.2 Å². The molecule has 0 fully saturated rings. The van der Waals surface area contributed by atoms with E-state index in [9.17, 15) is 9.59 Å². The minimum atomic E-state index is -0.331. The summed E-state index contributed by atoms with van der Waals surface area (Å²) in [6.45, 7) is 3.80. The molecule has 1 rings (SSSR count). The van der Waals surface area contributed by atoms with Gasteiger partial charge >= 0.3 is 0 Å². The van der Waals surface area contributed by atoms with Gasteiger partial charge in [-0.15, -0.1) is 12.4 Å². The molecule has 0 heterocycles. The molecule has 1 aromatic carbocycles. The quantitative estimate of drug-likeness (QED) is 0.702. The zero-order valence-electron chi connectivity index (χ0n) is 12.5. The molecule has 0 aliphatic heterocycles. The number of amides is 2. The number of benzene rings is 1. The lowest BCUT2D eigenvalue weighted by Gasteiger charge is -2.26. The van der Waals surface area contributed by atoms with E-state index < -0.39 is 0 Å². The summed E-state index contributed by atoms with van der Waals surface area (Å²) in [6, 6.07) is 10.1. The molecule has 0 saturated carbocycles. The maximum Gasteiger partial charge on any atom is 0.239 e. The average Bonchev–Trinajstić information content (AvgIpc) is 2.43. The van der Waals surface area contributed by atoms with Crippen LogP contribution in [0.1, 0.15) is 25.8 Å². The first-order chi connectivity index (χ1) is 9.43. The average molecular weight is 314 g/mol. The zero-order chi connectivity index (χ0) is 15.0. The molecule has 21 heavy (non-hydrogen) atoms. The zero-order valence-corrected chi connectivity index (χ0v) is 13.3. The molecule has 0 radical (unpaired) electrons. The Balaban J connectivity index is 0.00000400. The van der Waals surface area contributed by atoms with Gasteiger partial charge < -0.3 is 16.4 Å². The van der Waals surface area contributed by atoms with E-state index in [4.69, 9.17) is 5.73 Å². The number of aryl methyl sites for hydroxylation is 1. The number of halogens is 1. The van der Waals surface area contributed by atoms with Crippen molar-refractivity contribution in [3.05, 3.63) is 35.9 Å². The van der Waals surface area contributed by atoms with E-state index in [1.54, 1.807) is 0 Å². The van der Waals surface area contributed by atoms with Crippen LogP contribution in [-0.2, 0) is 16.0 Å². The highest BCUT2D eigenvalue weighted by molar-refractivity contribution is 5.86. The van der Waals surface area contributed by atoms with Crippen molar-refractivity contribution in [3.8, 4) is 0 Å². The number of hydrogen-bond donors (Lipinski definition) is 3. The second kappa shape index (κ2) is 9.37. The van der Waals surface area contributed by atoms with Gasteiger partial charge in [-0.05, 0) is 32.3 Å². The second-order valence-electron chi connectivity index (χ2n) is 5.40. The molecule has 2 amide bonds. The van der Waals surface area contributed by atoms with E-state index in [1.165, 1.54) is 5.56 Å². The number of hydrogen-bond acceptors (Lipinski definition) is 3. The molecule has 5 nitrogen and oxygen atoms in total. The first-order valence-electron chi connectivity index (χ1n) is 6.74. The summed E-state index contributed by atoms with van der Waals surface area (Å²) in [5, 5.41) is 5.36. The lowest BCUT2D eigenvalue weighted by atomic mass is 9.95. The van der Waals surface area contributed by atoms with Crippen LogP contribution >= 0.6 is 12.4 Å². The van der Waals surface area contributed by atoms with Gasteiger partial charge in [-0.25, -0.2) is 0 Å². The van der Waals surface area contributed by atoms with Crippen molar-refractivity contribution in [2.45, 2.75) is 32.2 Å². The van der Waals surface area contributed by atoms with Crippen molar-refractivity contribution in [2.75, 3.05) is 13.1 Å². The van der Waals surface area contributed by atoms with Gasteiger partial charge in [0.25, 0.3) is 0 Å². The topological polar surface area (TPSA) is 84.2 Å². The molecule has 0 aromatic heterocycles. The van der Waals surface area contributed by atoms with Gasteiger partial charge in [0.1, 0.15) is 0 Å². The van der Waals surface area contributed by atoms with E-state index in [0.717, 1.165) is 12.8 Å². The minimum absolute atomic E-state index is 0. The molecule has 6 heteroatoms. The predicted octanol–water partition coefficient (Wildman–Crippen LogP) is 1.01. The molecule has 0 aliphatic carbocycles. The van der Waals surface area contributed by atoms with Crippen LogP contribution < -0.4 is 16.4 Å². The highest BCUT2D eigenvalue weighted by atomic mass is 35.5. The maximum atomic E-state index is 11.7. The van der Waals surface area contributed by atoms with E-state index in [1.807, 2.05) is 32.0 Å². The third-order valence-corrected chi connectivity index (χ3v) is 2.99. The molecule has 118 valence electrons. The fraction of sp³-hybridized carbons (Fsp3) is 0.467. The third-order valence-electron chi connectivity index (χ3n) is 2.99. The van der Waals surface area contributed by atoms with Crippen LogP contribution in [0, 0.1) is 0 Å². The molecule has 0 bridgehead atoms. The Bertz CT molecular complexity index is 449. The summed E-state index contributed by atoms with van der Waals surface area (Å²) in [6.07, 6.45) is 1.72. The molecule has 4 N–H and O–H groups in total. The van der Waals surface area contributed by atoms with Gasteiger partial charge in [0, 0.05) is 5.54 Å². The molecule has 0 spiro atoms. The van der Waals surface area contributed by atoms with Crippen LogP contribution in [0.2, 0.25) is 0 Å². The van der Waals surface area contributed by atoms with Crippen molar-refractivity contribution in [1.29, 1.82) is 0 Å². The highest BCUT2D eigenvalue weighted by Crippen LogP contribution is 2.13. The van der Waals surface area contributed by atoms with Crippen LogP contribution in [0.15, 0.2) is 30.3 Å². The summed E-state index contributed by atoms with van der Waals surface area (Å²) >= 11 is 0. The second-order valence-corrected chi connectivity index (χ2v) is 5.40. The Labute approximate surface area is 132 Å². The van der Waals surface area contributed by atoms with Crippen LogP contribution in [0.3, 0.4) is 0 Å². The van der Waals surface area contributed by atoms with E-state index in [0.29, 0.717) is 0 Å². The third kappa shape index (κ3) is 8.32. The minimum Gasteiger partial charge on any atom is -0.350 e. The van der Waals surface area contributed by atoms with Crippen LogP contribution in [0.4, 0.5) is 0 Å². The molecule has 0 aliphatic rings. The van der Waals surface area contributed by atoms with Crippen molar-refractivity contribution in [3.63, 3.8) is 0 Å². The van der Waals surface area contributed by atoms with Gasteiger partial charge in [-0.2, -0.15) is 0 Å². The monoisotopic (exact) mass is 313 g/mol. The molecule has 0 saturated heterocycles. The van der Waals surface area contributed by atoms with Crippen molar-refractivity contribution in [1.82, 2.24) is 10.6 Å². The lowest BCUT2D eigenvalue weighted by Crippen LogP contribution is -2.48. The first kappa shape index (κ1) is 19.4. The van der Waals surface area contributed by atoms with E-state index in [-0.39, 0.29) is 42.8 Å². The molecular weight excluding hydrogens is 290 g/mol. The first-order valence-corrected chi connectivity index (χ1v) is 6.74. The molecule has 0 unspecified atom stereocenters. The molecular formula is C15H24ClN3O2. The van der Waals surface area contributed by atoms with Crippen LogP contribution in [0.25, 0.3) is 0 Å². The fourth-order valence-electron chi connectivity index (χ4n) is 1.84. The normalized spacial score (nSPS) is 10.4. The summed E-state index contributed by atoms with van der Waals surface area (Å²) < 4.78 is 0. The van der Waals surface area contributed by atoms with Gasteiger partial charge in [-0.1, -0.05) is 30.3 Å².